The van der Waals surface area contributed by atoms with E-state index in [9.17, 15) is 4.79 Å². The van der Waals surface area contributed by atoms with E-state index in [2.05, 4.69) is 32.2 Å². The SMILES string of the molecule is Cc1ccc(-c2noc(CCCN3CCN(C(=O)c4cc(C5CC5)[nH]n4)CC3)n2)cc1. The quantitative estimate of drug-likeness (QED) is 0.632. The first-order chi connectivity index (χ1) is 15.2. The molecule has 8 nitrogen and oxygen atoms in total. The molecule has 1 amide bonds. The number of nitrogens with one attached hydrogen (secondary N) is 1. The summed E-state index contributed by atoms with van der Waals surface area (Å²) in [5.41, 5.74) is 3.84. The van der Waals surface area contributed by atoms with Crippen molar-refractivity contribution >= 4 is 5.91 Å². The maximum absolute atomic E-state index is 12.7. The number of rotatable bonds is 7. The number of benzene rings is 1. The first kappa shape index (κ1) is 19.9. The van der Waals surface area contributed by atoms with E-state index in [1.807, 2.05) is 35.2 Å². The number of carbonyl (C=O) groups is 1. The number of aromatic amines is 1. The molecular formula is C23H28N6O2. The van der Waals surface area contributed by atoms with E-state index >= 15 is 0 Å². The van der Waals surface area contributed by atoms with Gasteiger partial charge < -0.3 is 9.42 Å². The molecule has 1 N–H and O–H groups in total. The van der Waals surface area contributed by atoms with Gasteiger partial charge in [0, 0.05) is 49.8 Å². The molecule has 1 aliphatic heterocycles. The standard InChI is InChI=1S/C23H28N6O2/c1-16-4-6-18(7-5-16)22-24-21(31-27-22)3-2-10-28-11-13-29(14-12-28)23(30)20-15-19(25-26-20)17-8-9-17/h4-7,15,17H,2-3,8-14H2,1H3,(H,25,26). The second kappa shape index (κ2) is 8.63. The lowest BCUT2D eigenvalue weighted by atomic mass is 10.1. The van der Waals surface area contributed by atoms with Crippen LogP contribution in [0.5, 0.6) is 0 Å². The summed E-state index contributed by atoms with van der Waals surface area (Å²) in [6.45, 7) is 6.25. The van der Waals surface area contributed by atoms with Crippen LogP contribution in [0.4, 0.5) is 0 Å². The van der Waals surface area contributed by atoms with Crippen molar-refractivity contribution in [3.8, 4) is 11.4 Å². The molecule has 0 atom stereocenters. The van der Waals surface area contributed by atoms with E-state index in [0.717, 1.165) is 56.8 Å². The van der Waals surface area contributed by atoms with Gasteiger partial charge in [0.2, 0.25) is 11.7 Å². The van der Waals surface area contributed by atoms with Crippen LogP contribution >= 0.6 is 0 Å². The van der Waals surface area contributed by atoms with Gasteiger partial charge in [-0.3, -0.25) is 14.8 Å². The zero-order chi connectivity index (χ0) is 21.2. The maximum Gasteiger partial charge on any atom is 0.274 e. The minimum Gasteiger partial charge on any atom is -0.339 e. The van der Waals surface area contributed by atoms with Crippen LogP contribution in [0.15, 0.2) is 34.9 Å². The topological polar surface area (TPSA) is 91.2 Å². The number of aryl methyl sites for hydroxylation is 2. The third-order valence-corrected chi connectivity index (χ3v) is 6.14. The second-order valence-electron chi connectivity index (χ2n) is 8.60. The molecule has 1 aromatic carbocycles. The molecule has 31 heavy (non-hydrogen) atoms. The van der Waals surface area contributed by atoms with Crippen molar-refractivity contribution in [1.82, 2.24) is 30.1 Å². The lowest BCUT2D eigenvalue weighted by Gasteiger charge is -2.34. The van der Waals surface area contributed by atoms with Crippen molar-refractivity contribution in [2.45, 2.75) is 38.5 Å². The Morgan fingerprint density at radius 2 is 1.94 bits per heavy atom. The van der Waals surface area contributed by atoms with Gasteiger partial charge in [0.1, 0.15) is 5.69 Å². The van der Waals surface area contributed by atoms with Gasteiger partial charge in [-0.15, -0.1) is 0 Å². The van der Waals surface area contributed by atoms with Crippen molar-refractivity contribution in [2.75, 3.05) is 32.7 Å². The van der Waals surface area contributed by atoms with Crippen LogP contribution in [0.1, 0.15) is 52.8 Å². The van der Waals surface area contributed by atoms with Gasteiger partial charge in [-0.05, 0) is 38.8 Å². The molecule has 2 aromatic heterocycles. The molecule has 2 aliphatic rings. The van der Waals surface area contributed by atoms with Gasteiger partial charge in [0.25, 0.3) is 5.91 Å². The Bertz CT molecular complexity index is 1030. The Hall–Kier alpha value is -3.00. The van der Waals surface area contributed by atoms with Gasteiger partial charge in [-0.2, -0.15) is 10.1 Å². The summed E-state index contributed by atoms with van der Waals surface area (Å²) in [4.78, 5) is 21.5. The van der Waals surface area contributed by atoms with Crippen LogP contribution in [-0.4, -0.2) is 68.8 Å². The van der Waals surface area contributed by atoms with Crippen LogP contribution < -0.4 is 0 Å². The fourth-order valence-electron chi connectivity index (χ4n) is 4.02. The van der Waals surface area contributed by atoms with Crippen LogP contribution in [0.25, 0.3) is 11.4 Å². The Balaban J connectivity index is 1.06. The molecule has 5 rings (SSSR count). The molecule has 8 heteroatoms. The summed E-state index contributed by atoms with van der Waals surface area (Å²) in [5.74, 6) is 1.94. The number of H-pyrrole nitrogens is 1. The zero-order valence-corrected chi connectivity index (χ0v) is 17.9. The highest BCUT2D eigenvalue weighted by Gasteiger charge is 2.28. The highest BCUT2D eigenvalue weighted by Crippen LogP contribution is 2.39. The first-order valence-corrected chi connectivity index (χ1v) is 11.1. The average molecular weight is 421 g/mol. The van der Waals surface area contributed by atoms with Crippen molar-refractivity contribution in [2.24, 2.45) is 0 Å². The predicted molar refractivity (Wildman–Crippen MR) is 116 cm³/mol. The van der Waals surface area contributed by atoms with Crippen molar-refractivity contribution in [1.29, 1.82) is 0 Å². The highest BCUT2D eigenvalue weighted by atomic mass is 16.5. The Labute approximate surface area is 181 Å². The lowest BCUT2D eigenvalue weighted by Crippen LogP contribution is -2.49. The molecule has 1 saturated carbocycles. The van der Waals surface area contributed by atoms with Crippen molar-refractivity contribution in [3.05, 3.63) is 53.2 Å². The number of hydrogen-bond acceptors (Lipinski definition) is 6. The summed E-state index contributed by atoms with van der Waals surface area (Å²) in [6.07, 6.45) is 4.11. The fourth-order valence-corrected chi connectivity index (χ4v) is 4.02. The minimum absolute atomic E-state index is 0.0392. The van der Waals surface area contributed by atoms with E-state index < -0.39 is 0 Å². The monoisotopic (exact) mass is 420 g/mol. The van der Waals surface area contributed by atoms with Gasteiger partial charge in [0.05, 0.1) is 0 Å². The highest BCUT2D eigenvalue weighted by molar-refractivity contribution is 5.92. The number of aromatic nitrogens is 4. The van der Waals surface area contributed by atoms with Crippen LogP contribution in [-0.2, 0) is 6.42 Å². The van der Waals surface area contributed by atoms with Gasteiger partial charge in [-0.25, -0.2) is 0 Å². The molecule has 3 heterocycles. The molecule has 0 bridgehead atoms. The van der Waals surface area contributed by atoms with Crippen LogP contribution in [0, 0.1) is 6.92 Å². The largest absolute Gasteiger partial charge is 0.339 e. The van der Waals surface area contributed by atoms with E-state index in [4.69, 9.17) is 4.52 Å². The number of carbonyl (C=O) groups excluding carboxylic acids is 1. The molecule has 0 radical (unpaired) electrons. The molecule has 162 valence electrons. The Kier molecular flexibility index (Phi) is 5.55. The van der Waals surface area contributed by atoms with Gasteiger partial charge in [0.15, 0.2) is 0 Å². The summed E-state index contributed by atoms with van der Waals surface area (Å²) in [7, 11) is 0. The Morgan fingerprint density at radius 1 is 1.16 bits per heavy atom. The molecule has 0 unspecified atom stereocenters. The summed E-state index contributed by atoms with van der Waals surface area (Å²) in [6, 6.07) is 10.1. The third kappa shape index (κ3) is 4.69. The van der Waals surface area contributed by atoms with Crippen molar-refractivity contribution in [3.63, 3.8) is 0 Å². The average Bonchev–Trinajstić information content (AvgIpc) is 3.33. The summed E-state index contributed by atoms with van der Waals surface area (Å²) in [5, 5.41) is 11.4. The fraction of sp³-hybridized carbons (Fsp3) is 0.478. The molecule has 0 spiro atoms. The zero-order valence-electron chi connectivity index (χ0n) is 17.9. The maximum atomic E-state index is 12.7. The predicted octanol–water partition coefficient (Wildman–Crippen LogP) is 3.04. The van der Waals surface area contributed by atoms with E-state index in [1.165, 1.54) is 18.4 Å². The van der Waals surface area contributed by atoms with Crippen LogP contribution in [0.3, 0.4) is 0 Å². The van der Waals surface area contributed by atoms with E-state index in [0.29, 0.717) is 23.3 Å². The molecular weight excluding hydrogens is 392 g/mol. The van der Waals surface area contributed by atoms with E-state index in [-0.39, 0.29) is 5.91 Å². The normalized spacial score (nSPS) is 17.3. The van der Waals surface area contributed by atoms with Gasteiger partial charge >= 0.3 is 0 Å². The summed E-state index contributed by atoms with van der Waals surface area (Å²) >= 11 is 0. The lowest BCUT2D eigenvalue weighted by molar-refractivity contribution is 0.0630. The van der Waals surface area contributed by atoms with Gasteiger partial charge in [-0.1, -0.05) is 35.0 Å². The molecule has 3 aromatic rings. The Morgan fingerprint density at radius 3 is 2.68 bits per heavy atom. The molecule has 1 saturated heterocycles. The second-order valence-corrected chi connectivity index (χ2v) is 8.60. The summed E-state index contributed by atoms with van der Waals surface area (Å²) < 4.78 is 5.42. The number of hydrogen-bond donors (Lipinski definition) is 1. The minimum atomic E-state index is 0.0392. The number of piperazine rings is 1. The molecule has 1 aliphatic carbocycles. The smallest absolute Gasteiger partial charge is 0.274 e. The first-order valence-electron chi connectivity index (χ1n) is 11.1. The van der Waals surface area contributed by atoms with Crippen molar-refractivity contribution < 1.29 is 9.32 Å². The number of nitrogens with zero attached hydrogens (tertiary/aromatic N) is 5. The third-order valence-electron chi connectivity index (χ3n) is 6.14. The number of amides is 1. The molecule has 2 fully saturated rings. The van der Waals surface area contributed by atoms with Crippen LogP contribution in [0.2, 0.25) is 0 Å². The van der Waals surface area contributed by atoms with E-state index in [1.54, 1.807) is 0 Å².